The van der Waals surface area contributed by atoms with Crippen LogP contribution >= 0.6 is 0 Å². The van der Waals surface area contributed by atoms with Gasteiger partial charge in [-0.3, -0.25) is 4.79 Å². The summed E-state index contributed by atoms with van der Waals surface area (Å²) in [7, 11) is 0. The van der Waals surface area contributed by atoms with Gasteiger partial charge in [-0.15, -0.1) is 0 Å². The summed E-state index contributed by atoms with van der Waals surface area (Å²) in [4.78, 5) is 11.7. The Hall–Kier alpha value is -1.05. The fourth-order valence-electron chi connectivity index (χ4n) is 3.15. The van der Waals surface area contributed by atoms with E-state index < -0.39 is 0 Å². The van der Waals surface area contributed by atoms with E-state index in [1.165, 1.54) is 70.6 Å². The first-order valence-electron chi connectivity index (χ1n) is 10.4. The van der Waals surface area contributed by atoms with E-state index >= 15 is 0 Å². The number of unbranched alkanes of at least 4 members (excludes halogenated alkanes) is 12. The SMILES string of the molecule is CCCCCCCCCCCCCCCC(=O)OC1=CC=CCC1. The molecule has 24 heavy (non-hydrogen) atoms. The van der Waals surface area contributed by atoms with Crippen molar-refractivity contribution in [3.63, 3.8) is 0 Å². The van der Waals surface area contributed by atoms with E-state index in [0.717, 1.165) is 31.4 Å². The van der Waals surface area contributed by atoms with E-state index in [1.807, 2.05) is 12.2 Å². The number of ether oxygens (including phenoxy) is 1. The van der Waals surface area contributed by atoms with Crippen molar-refractivity contribution < 1.29 is 9.53 Å². The van der Waals surface area contributed by atoms with Crippen molar-refractivity contribution in [2.75, 3.05) is 0 Å². The lowest BCUT2D eigenvalue weighted by Crippen LogP contribution is -2.05. The van der Waals surface area contributed by atoms with Gasteiger partial charge in [-0.1, -0.05) is 96.1 Å². The molecule has 0 heterocycles. The molecule has 0 aromatic carbocycles. The van der Waals surface area contributed by atoms with Crippen molar-refractivity contribution in [1.82, 2.24) is 0 Å². The molecule has 1 aliphatic rings. The number of carbonyl (C=O) groups is 1. The minimum absolute atomic E-state index is 0.0559. The summed E-state index contributed by atoms with van der Waals surface area (Å²) in [6.07, 6.45) is 25.7. The van der Waals surface area contributed by atoms with Crippen LogP contribution in [-0.4, -0.2) is 5.97 Å². The zero-order valence-electron chi connectivity index (χ0n) is 15.9. The number of carbonyl (C=O) groups excluding carboxylic acids is 1. The predicted molar refractivity (Wildman–Crippen MR) is 103 cm³/mol. The zero-order valence-corrected chi connectivity index (χ0v) is 15.9. The maximum Gasteiger partial charge on any atom is 0.310 e. The van der Waals surface area contributed by atoms with Gasteiger partial charge in [0, 0.05) is 12.8 Å². The van der Waals surface area contributed by atoms with Gasteiger partial charge >= 0.3 is 5.97 Å². The van der Waals surface area contributed by atoms with E-state index in [-0.39, 0.29) is 5.97 Å². The summed E-state index contributed by atoms with van der Waals surface area (Å²) in [6, 6.07) is 0. The number of esters is 1. The van der Waals surface area contributed by atoms with Crippen LogP contribution in [0.1, 0.15) is 110 Å². The Morgan fingerprint density at radius 1 is 0.875 bits per heavy atom. The molecule has 0 fully saturated rings. The molecule has 0 saturated carbocycles. The Morgan fingerprint density at radius 3 is 1.92 bits per heavy atom. The highest BCUT2D eigenvalue weighted by Gasteiger charge is 2.07. The van der Waals surface area contributed by atoms with Gasteiger partial charge in [0.2, 0.25) is 0 Å². The quantitative estimate of drug-likeness (QED) is 0.233. The highest BCUT2D eigenvalue weighted by atomic mass is 16.5. The summed E-state index contributed by atoms with van der Waals surface area (Å²) in [5, 5.41) is 0. The van der Waals surface area contributed by atoms with Crippen LogP contribution in [0, 0.1) is 0 Å². The molecule has 1 aliphatic carbocycles. The van der Waals surface area contributed by atoms with Crippen molar-refractivity contribution in [3.05, 3.63) is 24.0 Å². The fraction of sp³-hybridized carbons (Fsp3) is 0.773. The summed E-state index contributed by atoms with van der Waals surface area (Å²) in [6.45, 7) is 2.27. The van der Waals surface area contributed by atoms with E-state index in [9.17, 15) is 4.79 Å². The molecule has 0 spiro atoms. The fourth-order valence-corrected chi connectivity index (χ4v) is 3.15. The van der Waals surface area contributed by atoms with Crippen molar-refractivity contribution in [1.29, 1.82) is 0 Å². The highest BCUT2D eigenvalue weighted by Crippen LogP contribution is 2.16. The van der Waals surface area contributed by atoms with Crippen LogP contribution in [-0.2, 0) is 9.53 Å². The van der Waals surface area contributed by atoms with Gasteiger partial charge in [-0.25, -0.2) is 0 Å². The molecule has 0 bridgehead atoms. The van der Waals surface area contributed by atoms with E-state index in [1.54, 1.807) is 0 Å². The van der Waals surface area contributed by atoms with Crippen molar-refractivity contribution in [2.45, 2.75) is 110 Å². The van der Waals surface area contributed by atoms with Crippen molar-refractivity contribution in [3.8, 4) is 0 Å². The lowest BCUT2D eigenvalue weighted by Gasteiger charge is -2.09. The average molecular weight is 335 g/mol. The van der Waals surface area contributed by atoms with Crippen LogP contribution in [0.5, 0.6) is 0 Å². The van der Waals surface area contributed by atoms with Gasteiger partial charge in [0.1, 0.15) is 5.76 Å². The predicted octanol–water partition coefficient (Wildman–Crippen LogP) is 7.24. The molecule has 2 heteroatoms. The lowest BCUT2D eigenvalue weighted by molar-refractivity contribution is -0.139. The molecule has 0 atom stereocenters. The van der Waals surface area contributed by atoms with Crippen LogP contribution < -0.4 is 0 Å². The van der Waals surface area contributed by atoms with E-state index in [4.69, 9.17) is 4.74 Å². The number of hydrogen-bond donors (Lipinski definition) is 0. The molecule has 0 aliphatic heterocycles. The van der Waals surface area contributed by atoms with Crippen LogP contribution in [0.4, 0.5) is 0 Å². The van der Waals surface area contributed by atoms with Gasteiger partial charge in [-0.2, -0.15) is 0 Å². The van der Waals surface area contributed by atoms with Gasteiger partial charge in [0.15, 0.2) is 0 Å². The normalized spacial score (nSPS) is 13.8. The molecular formula is C22H38O2. The molecule has 0 saturated heterocycles. The van der Waals surface area contributed by atoms with Gasteiger partial charge in [-0.05, 0) is 18.9 Å². The maximum atomic E-state index is 11.7. The standard InChI is InChI=1S/C22H38O2/c1-2-3-4-5-6-7-8-9-10-11-12-13-17-20-22(23)24-21-18-15-14-16-19-21/h14-15,18H,2-13,16-17,19-20H2,1H3. The molecule has 0 aromatic heterocycles. The van der Waals surface area contributed by atoms with Crippen molar-refractivity contribution >= 4 is 5.97 Å². The summed E-state index contributed by atoms with van der Waals surface area (Å²) >= 11 is 0. The third-order valence-corrected chi connectivity index (χ3v) is 4.70. The lowest BCUT2D eigenvalue weighted by atomic mass is 10.0. The van der Waals surface area contributed by atoms with Crippen molar-refractivity contribution in [2.24, 2.45) is 0 Å². The molecule has 0 aromatic rings. The largest absolute Gasteiger partial charge is 0.431 e. The number of allylic oxidation sites excluding steroid dienone is 4. The van der Waals surface area contributed by atoms with Crippen LogP contribution in [0.25, 0.3) is 0 Å². The first kappa shape index (κ1) is 21.0. The topological polar surface area (TPSA) is 26.3 Å². The van der Waals surface area contributed by atoms with Gasteiger partial charge in [0.05, 0.1) is 0 Å². The summed E-state index contributed by atoms with van der Waals surface area (Å²) in [5.74, 6) is 0.775. The third kappa shape index (κ3) is 12.4. The van der Waals surface area contributed by atoms with Gasteiger partial charge < -0.3 is 4.74 Å². The molecule has 1 rings (SSSR count). The maximum absolute atomic E-state index is 11.7. The Kier molecular flexibility index (Phi) is 13.5. The first-order valence-corrected chi connectivity index (χ1v) is 10.4. The number of rotatable bonds is 15. The second-order valence-electron chi connectivity index (χ2n) is 7.07. The Labute approximate surface area is 149 Å². The Balaban J connectivity index is 1.79. The van der Waals surface area contributed by atoms with Crippen LogP contribution in [0.2, 0.25) is 0 Å². The molecule has 0 N–H and O–H groups in total. The Morgan fingerprint density at radius 2 is 1.42 bits per heavy atom. The summed E-state index contributed by atoms with van der Waals surface area (Å²) < 4.78 is 5.37. The minimum Gasteiger partial charge on any atom is -0.431 e. The monoisotopic (exact) mass is 334 g/mol. The highest BCUT2D eigenvalue weighted by molar-refractivity contribution is 5.70. The smallest absolute Gasteiger partial charge is 0.310 e. The van der Waals surface area contributed by atoms with Crippen LogP contribution in [0.3, 0.4) is 0 Å². The second-order valence-corrected chi connectivity index (χ2v) is 7.07. The van der Waals surface area contributed by atoms with Gasteiger partial charge in [0.25, 0.3) is 0 Å². The minimum atomic E-state index is -0.0559. The molecule has 138 valence electrons. The summed E-state index contributed by atoms with van der Waals surface area (Å²) in [5.41, 5.74) is 0. The Bertz CT molecular complexity index is 368. The molecule has 0 amide bonds. The first-order chi connectivity index (χ1) is 11.8. The van der Waals surface area contributed by atoms with E-state index in [0.29, 0.717) is 6.42 Å². The van der Waals surface area contributed by atoms with Crippen LogP contribution in [0.15, 0.2) is 24.0 Å². The molecule has 0 radical (unpaired) electrons. The molecule has 0 unspecified atom stereocenters. The van der Waals surface area contributed by atoms with E-state index in [2.05, 4.69) is 13.0 Å². The number of hydrogen-bond acceptors (Lipinski definition) is 2. The second kappa shape index (κ2) is 15.5. The average Bonchev–Trinajstić information content (AvgIpc) is 2.60. The zero-order chi connectivity index (χ0) is 17.3. The third-order valence-electron chi connectivity index (χ3n) is 4.70. The molecular weight excluding hydrogens is 296 g/mol. The molecule has 2 nitrogen and oxygen atoms in total.